The van der Waals surface area contributed by atoms with Crippen LogP contribution in [-0.4, -0.2) is 32.6 Å². The Morgan fingerprint density at radius 2 is 1.71 bits per heavy atom. The van der Waals surface area contributed by atoms with E-state index in [1.807, 2.05) is 0 Å². The molecular formula is C19H16Cl2N2O4S. The van der Waals surface area contributed by atoms with Crippen LogP contribution >= 0.6 is 34.5 Å². The standard InChI is InChI=1S/C19H16Cl2N2O4S/c1-26-11-5-3-10(4-6-11)23-14(24)9-22-19(25)18-15(20)12-7-8-13(27-2)16(21)17(12)28-18/h3-8H,9H2,1-2H3,(H,22,25)(H,23,24). The van der Waals surface area contributed by atoms with Gasteiger partial charge in [0.2, 0.25) is 5.91 Å². The van der Waals surface area contributed by atoms with E-state index in [0.29, 0.717) is 32.3 Å². The molecule has 0 bridgehead atoms. The van der Waals surface area contributed by atoms with Gasteiger partial charge in [0.05, 0.1) is 30.5 Å². The van der Waals surface area contributed by atoms with Gasteiger partial charge in [0, 0.05) is 11.1 Å². The van der Waals surface area contributed by atoms with Crippen LogP contribution in [0.3, 0.4) is 0 Å². The fourth-order valence-electron chi connectivity index (χ4n) is 2.50. The summed E-state index contributed by atoms with van der Waals surface area (Å²) in [5.74, 6) is 0.362. The molecule has 0 aliphatic rings. The van der Waals surface area contributed by atoms with Crippen molar-refractivity contribution in [3.05, 3.63) is 51.3 Å². The summed E-state index contributed by atoms with van der Waals surface area (Å²) in [7, 11) is 3.07. The maximum absolute atomic E-state index is 12.5. The number of carbonyl (C=O) groups excluding carboxylic acids is 2. The minimum atomic E-state index is -0.453. The lowest BCUT2D eigenvalue weighted by atomic mass is 10.2. The molecule has 2 aromatic carbocycles. The first-order valence-corrected chi connectivity index (χ1v) is 9.68. The van der Waals surface area contributed by atoms with Crippen LogP contribution in [0.4, 0.5) is 5.69 Å². The van der Waals surface area contributed by atoms with Gasteiger partial charge < -0.3 is 20.1 Å². The summed E-state index contributed by atoms with van der Waals surface area (Å²) in [6.07, 6.45) is 0. The van der Waals surface area contributed by atoms with Crippen molar-refractivity contribution >= 4 is 62.1 Å². The molecule has 3 rings (SSSR count). The molecule has 1 aromatic heterocycles. The average Bonchev–Trinajstić information content (AvgIpc) is 3.04. The summed E-state index contributed by atoms with van der Waals surface area (Å²) in [5.41, 5.74) is 0.596. The molecule has 0 fully saturated rings. The molecule has 3 aromatic rings. The Balaban J connectivity index is 1.68. The van der Waals surface area contributed by atoms with Gasteiger partial charge in [0.15, 0.2) is 0 Å². The molecule has 1 heterocycles. The Bertz CT molecular complexity index is 1030. The van der Waals surface area contributed by atoms with Crippen LogP contribution in [0.15, 0.2) is 36.4 Å². The Labute approximate surface area is 175 Å². The molecule has 28 heavy (non-hydrogen) atoms. The second-order valence-electron chi connectivity index (χ2n) is 5.66. The molecule has 0 aliphatic heterocycles. The summed E-state index contributed by atoms with van der Waals surface area (Å²) in [5, 5.41) is 6.60. The normalized spacial score (nSPS) is 10.6. The highest BCUT2D eigenvalue weighted by Crippen LogP contribution is 2.42. The molecule has 146 valence electrons. The third-order valence-electron chi connectivity index (χ3n) is 3.91. The zero-order chi connectivity index (χ0) is 20.3. The number of benzene rings is 2. The number of hydrogen-bond acceptors (Lipinski definition) is 5. The SMILES string of the molecule is COc1ccc(NC(=O)CNC(=O)c2sc3c(Cl)c(OC)ccc3c2Cl)cc1. The van der Waals surface area contributed by atoms with Gasteiger partial charge in [-0.25, -0.2) is 0 Å². The van der Waals surface area contributed by atoms with Gasteiger partial charge in [-0.2, -0.15) is 0 Å². The van der Waals surface area contributed by atoms with Gasteiger partial charge in [0.25, 0.3) is 5.91 Å². The Morgan fingerprint density at radius 3 is 2.36 bits per heavy atom. The number of rotatable bonds is 6. The van der Waals surface area contributed by atoms with Crippen molar-refractivity contribution in [2.75, 3.05) is 26.1 Å². The van der Waals surface area contributed by atoms with Gasteiger partial charge in [0.1, 0.15) is 21.4 Å². The fraction of sp³-hybridized carbons (Fsp3) is 0.158. The molecule has 0 radical (unpaired) electrons. The smallest absolute Gasteiger partial charge is 0.263 e. The van der Waals surface area contributed by atoms with E-state index in [-0.39, 0.29) is 22.4 Å². The first-order valence-electron chi connectivity index (χ1n) is 8.11. The number of nitrogens with one attached hydrogen (secondary N) is 2. The lowest BCUT2D eigenvalue weighted by molar-refractivity contribution is -0.115. The Morgan fingerprint density at radius 1 is 1.00 bits per heavy atom. The van der Waals surface area contributed by atoms with Crippen molar-refractivity contribution in [2.24, 2.45) is 0 Å². The van der Waals surface area contributed by atoms with E-state index in [2.05, 4.69) is 10.6 Å². The van der Waals surface area contributed by atoms with Crippen LogP contribution < -0.4 is 20.1 Å². The highest BCUT2D eigenvalue weighted by molar-refractivity contribution is 7.22. The number of amides is 2. The van der Waals surface area contributed by atoms with E-state index in [9.17, 15) is 9.59 Å². The number of fused-ring (bicyclic) bond motifs is 1. The zero-order valence-electron chi connectivity index (χ0n) is 15.0. The largest absolute Gasteiger partial charge is 0.497 e. The highest BCUT2D eigenvalue weighted by Gasteiger charge is 2.20. The van der Waals surface area contributed by atoms with Gasteiger partial charge in [-0.05, 0) is 36.4 Å². The number of carbonyl (C=O) groups is 2. The number of anilines is 1. The van der Waals surface area contributed by atoms with Crippen molar-refractivity contribution < 1.29 is 19.1 Å². The van der Waals surface area contributed by atoms with E-state index in [1.165, 1.54) is 7.11 Å². The summed E-state index contributed by atoms with van der Waals surface area (Å²) < 4.78 is 10.9. The molecule has 0 saturated carbocycles. The Hall–Kier alpha value is -2.48. The van der Waals surface area contributed by atoms with Crippen molar-refractivity contribution in [2.45, 2.75) is 0 Å². The van der Waals surface area contributed by atoms with E-state index in [0.717, 1.165) is 11.3 Å². The molecule has 2 amide bonds. The molecular weight excluding hydrogens is 423 g/mol. The molecule has 0 unspecified atom stereocenters. The first kappa shape index (κ1) is 20.3. The third kappa shape index (κ3) is 4.16. The quantitative estimate of drug-likeness (QED) is 0.589. The fourth-order valence-corrected chi connectivity index (χ4v) is 4.32. The summed E-state index contributed by atoms with van der Waals surface area (Å²) in [6.45, 7) is -0.202. The highest BCUT2D eigenvalue weighted by atomic mass is 35.5. The van der Waals surface area contributed by atoms with Gasteiger partial charge >= 0.3 is 0 Å². The van der Waals surface area contributed by atoms with Crippen LogP contribution in [-0.2, 0) is 4.79 Å². The topological polar surface area (TPSA) is 76.7 Å². The monoisotopic (exact) mass is 438 g/mol. The number of thiophene rings is 1. The Kier molecular flexibility index (Phi) is 6.28. The van der Waals surface area contributed by atoms with Gasteiger partial charge in [-0.1, -0.05) is 23.2 Å². The van der Waals surface area contributed by atoms with Gasteiger partial charge in [-0.15, -0.1) is 11.3 Å². The lowest BCUT2D eigenvalue weighted by Crippen LogP contribution is -2.32. The van der Waals surface area contributed by atoms with E-state index < -0.39 is 5.91 Å². The lowest BCUT2D eigenvalue weighted by Gasteiger charge is -2.07. The predicted octanol–water partition coefficient (Wildman–Crippen LogP) is 4.59. The van der Waals surface area contributed by atoms with Crippen molar-refractivity contribution in [1.82, 2.24) is 5.32 Å². The number of ether oxygens (including phenoxy) is 2. The summed E-state index contributed by atoms with van der Waals surface area (Å²) >= 11 is 13.8. The van der Waals surface area contributed by atoms with Crippen LogP contribution in [0.2, 0.25) is 10.0 Å². The molecule has 0 saturated heterocycles. The number of halogens is 2. The predicted molar refractivity (Wildman–Crippen MR) is 112 cm³/mol. The third-order valence-corrected chi connectivity index (χ3v) is 6.12. The van der Waals surface area contributed by atoms with Crippen LogP contribution in [0.1, 0.15) is 9.67 Å². The average molecular weight is 439 g/mol. The number of methoxy groups -OCH3 is 2. The van der Waals surface area contributed by atoms with Crippen LogP contribution in [0, 0.1) is 0 Å². The molecule has 0 aliphatic carbocycles. The van der Waals surface area contributed by atoms with Crippen LogP contribution in [0.25, 0.3) is 10.1 Å². The minimum absolute atomic E-state index is 0.202. The molecule has 9 heteroatoms. The summed E-state index contributed by atoms with van der Waals surface area (Å²) in [4.78, 5) is 24.8. The zero-order valence-corrected chi connectivity index (χ0v) is 17.3. The van der Waals surface area contributed by atoms with Crippen molar-refractivity contribution in [3.8, 4) is 11.5 Å². The maximum Gasteiger partial charge on any atom is 0.263 e. The minimum Gasteiger partial charge on any atom is -0.497 e. The van der Waals surface area contributed by atoms with E-state index >= 15 is 0 Å². The molecule has 0 spiro atoms. The second kappa shape index (κ2) is 8.68. The second-order valence-corrected chi connectivity index (χ2v) is 7.44. The van der Waals surface area contributed by atoms with Gasteiger partial charge in [-0.3, -0.25) is 9.59 Å². The van der Waals surface area contributed by atoms with Crippen molar-refractivity contribution in [1.29, 1.82) is 0 Å². The van der Waals surface area contributed by atoms with E-state index in [4.69, 9.17) is 32.7 Å². The van der Waals surface area contributed by atoms with Crippen molar-refractivity contribution in [3.63, 3.8) is 0 Å². The first-order chi connectivity index (χ1) is 13.4. The van der Waals surface area contributed by atoms with Crippen LogP contribution in [0.5, 0.6) is 11.5 Å². The molecule has 0 atom stereocenters. The number of hydrogen-bond donors (Lipinski definition) is 2. The summed E-state index contributed by atoms with van der Waals surface area (Å²) in [6, 6.07) is 10.3. The molecule has 2 N–H and O–H groups in total. The molecule has 6 nitrogen and oxygen atoms in total. The van der Waals surface area contributed by atoms with E-state index in [1.54, 1.807) is 43.5 Å². The maximum atomic E-state index is 12.5.